The molecule has 0 spiro atoms. The molecule has 17 heavy (non-hydrogen) atoms. The van der Waals surface area contributed by atoms with Gasteiger partial charge in [-0.3, -0.25) is 4.79 Å². The van der Waals surface area contributed by atoms with Crippen LogP contribution in [-0.2, 0) is 11.2 Å². The number of carbonyl (C=O) groups is 1. The van der Waals surface area contributed by atoms with Crippen molar-refractivity contribution in [3.05, 3.63) is 16.1 Å². The summed E-state index contributed by atoms with van der Waals surface area (Å²) in [5.41, 5.74) is 1.10. The van der Waals surface area contributed by atoms with Crippen molar-refractivity contribution in [2.75, 3.05) is 19.6 Å². The van der Waals surface area contributed by atoms with Gasteiger partial charge in [0.1, 0.15) is 0 Å². The zero-order valence-corrected chi connectivity index (χ0v) is 11.4. The molecule has 0 bridgehead atoms. The van der Waals surface area contributed by atoms with Gasteiger partial charge in [-0.25, -0.2) is 4.98 Å². The van der Waals surface area contributed by atoms with Crippen LogP contribution in [-0.4, -0.2) is 30.5 Å². The van der Waals surface area contributed by atoms with Crippen LogP contribution in [0.25, 0.3) is 0 Å². The molecule has 1 aromatic rings. The Morgan fingerprint density at radius 2 is 2.29 bits per heavy atom. The van der Waals surface area contributed by atoms with Crippen molar-refractivity contribution < 1.29 is 4.79 Å². The summed E-state index contributed by atoms with van der Waals surface area (Å²) in [6.07, 6.45) is 2.35. The molecule has 0 radical (unpaired) electrons. The summed E-state index contributed by atoms with van der Waals surface area (Å²) < 4.78 is 0. The van der Waals surface area contributed by atoms with Crippen LogP contribution in [0.3, 0.4) is 0 Å². The van der Waals surface area contributed by atoms with Crippen molar-refractivity contribution in [2.45, 2.75) is 33.1 Å². The average Bonchev–Trinajstić information content (AvgIpc) is 2.71. The second kappa shape index (κ2) is 8.20. The Labute approximate surface area is 107 Å². The van der Waals surface area contributed by atoms with Gasteiger partial charge in [0.2, 0.25) is 5.91 Å². The predicted molar refractivity (Wildman–Crippen MR) is 71.3 cm³/mol. The highest BCUT2D eigenvalue weighted by molar-refractivity contribution is 7.09. The SMILES string of the molecule is CCNCCNC(=O)CCCc1csc(C)n1. The first kappa shape index (κ1) is 14.1. The van der Waals surface area contributed by atoms with Gasteiger partial charge in [-0.05, 0) is 26.3 Å². The maximum atomic E-state index is 11.4. The van der Waals surface area contributed by atoms with E-state index in [0.29, 0.717) is 13.0 Å². The summed E-state index contributed by atoms with van der Waals surface area (Å²) in [7, 11) is 0. The number of carbonyl (C=O) groups excluding carboxylic acids is 1. The second-order valence-electron chi connectivity index (χ2n) is 3.91. The van der Waals surface area contributed by atoms with E-state index >= 15 is 0 Å². The molecule has 0 saturated carbocycles. The summed E-state index contributed by atoms with van der Waals surface area (Å²) in [4.78, 5) is 15.8. The van der Waals surface area contributed by atoms with Gasteiger partial charge in [0.05, 0.1) is 10.7 Å². The van der Waals surface area contributed by atoms with Gasteiger partial charge < -0.3 is 10.6 Å². The largest absolute Gasteiger partial charge is 0.355 e. The zero-order chi connectivity index (χ0) is 12.5. The van der Waals surface area contributed by atoms with E-state index in [0.717, 1.165) is 36.6 Å². The molecule has 0 aliphatic heterocycles. The Morgan fingerprint density at radius 1 is 1.47 bits per heavy atom. The number of aromatic nitrogens is 1. The highest BCUT2D eigenvalue weighted by Gasteiger charge is 2.02. The molecule has 1 rings (SSSR count). The predicted octanol–water partition coefficient (Wildman–Crippen LogP) is 1.50. The fourth-order valence-electron chi connectivity index (χ4n) is 1.51. The number of hydrogen-bond acceptors (Lipinski definition) is 4. The highest BCUT2D eigenvalue weighted by Crippen LogP contribution is 2.10. The van der Waals surface area contributed by atoms with Crippen LogP contribution in [0.15, 0.2) is 5.38 Å². The number of nitrogens with zero attached hydrogens (tertiary/aromatic N) is 1. The normalized spacial score (nSPS) is 10.5. The first-order valence-corrected chi connectivity index (χ1v) is 6.98. The lowest BCUT2D eigenvalue weighted by molar-refractivity contribution is -0.121. The summed E-state index contributed by atoms with van der Waals surface area (Å²) >= 11 is 1.66. The molecular formula is C12H21N3OS. The average molecular weight is 255 g/mol. The lowest BCUT2D eigenvalue weighted by Gasteiger charge is -2.04. The van der Waals surface area contributed by atoms with E-state index in [2.05, 4.69) is 27.9 Å². The van der Waals surface area contributed by atoms with E-state index in [1.165, 1.54) is 0 Å². The molecule has 0 aliphatic rings. The minimum atomic E-state index is 0.134. The van der Waals surface area contributed by atoms with Crippen LogP contribution in [0.4, 0.5) is 0 Å². The van der Waals surface area contributed by atoms with E-state index in [4.69, 9.17) is 0 Å². The lowest BCUT2D eigenvalue weighted by Crippen LogP contribution is -2.31. The lowest BCUT2D eigenvalue weighted by atomic mass is 10.2. The number of rotatable bonds is 8. The molecule has 0 fully saturated rings. The maximum absolute atomic E-state index is 11.4. The van der Waals surface area contributed by atoms with Crippen LogP contribution < -0.4 is 10.6 Å². The quantitative estimate of drug-likeness (QED) is 0.692. The third-order valence-corrected chi connectivity index (χ3v) is 3.20. The zero-order valence-electron chi connectivity index (χ0n) is 10.6. The van der Waals surface area contributed by atoms with Crippen molar-refractivity contribution in [1.82, 2.24) is 15.6 Å². The highest BCUT2D eigenvalue weighted by atomic mass is 32.1. The Balaban J connectivity index is 2.04. The van der Waals surface area contributed by atoms with E-state index in [-0.39, 0.29) is 5.91 Å². The molecule has 1 aromatic heterocycles. The molecule has 0 atom stereocenters. The van der Waals surface area contributed by atoms with Crippen molar-refractivity contribution in [3.63, 3.8) is 0 Å². The number of nitrogens with one attached hydrogen (secondary N) is 2. The van der Waals surface area contributed by atoms with Crippen LogP contribution in [0.1, 0.15) is 30.5 Å². The molecule has 96 valence electrons. The Kier molecular flexibility index (Phi) is 6.81. The third-order valence-electron chi connectivity index (χ3n) is 2.38. The summed E-state index contributed by atoms with van der Waals surface area (Å²) in [5.74, 6) is 0.134. The van der Waals surface area contributed by atoms with E-state index < -0.39 is 0 Å². The van der Waals surface area contributed by atoms with Gasteiger partial charge in [-0.1, -0.05) is 6.92 Å². The first-order valence-electron chi connectivity index (χ1n) is 6.10. The summed E-state index contributed by atoms with van der Waals surface area (Å²) in [6, 6.07) is 0. The van der Waals surface area contributed by atoms with Crippen LogP contribution >= 0.6 is 11.3 Å². The van der Waals surface area contributed by atoms with E-state index in [1.54, 1.807) is 11.3 Å². The molecule has 0 aliphatic carbocycles. The Bertz CT molecular complexity index is 338. The molecule has 0 aromatic carbocycles. The van der Waals surface area contributed by atoms with Gasteiger partial charge >= 0.3 is 0 Å². The van der Waals surface area contributed by atoms with Gasteiger partial charge in [0.25, 0.3) is 0 Å². The van der Waals surface area contributed by atoms with Crippen molar-refractivity contribution >= 4 is 17.2 Å². The van der Waals surface area contributed by atoms with E-state index in [9.17, 15) is 4.79 Å². The molecule has 5 heteroatoms. The first-order chi connectivity index (χ1) is 8.22. The molecular weight excluding hydrogens is 234 g/mol. The molecule has 0 unspecified atom stereocenters. The van der Waals surface area contributed by atoms with E-state index in [1.807, 2.05) is 6.92 Å². The van der Waals surface area contributed by atoms with Crippen LogP contribution in [0.2, 0.25) is 0 Å². The molecule has 4 nitrogen and oxygen atoms in total. The minimum absolute atomic E-state index is 0.134. The smallest absolute Gasteiger partial charge is 0.220 e. The monoisotopic (exact) mass is 255 g/mol. The second-order valence-corrected chi connectivity index (χ2v) is 4.98. The molecule has 1 amide bonds. The van der Waals surface area contributed by atoms with Crippen LogP contribution in [0, 0.1) is 6.92 Å². The molecule has 0 saturated heterocycles. The number of hydrogen-bond donors (Lipinski definition) is 2. The van der Waals surface area contributed by atoms with Crippen molar-refractivity contribution in [3.8, 4) is 0 Å². The number of thiazole rings is 1. The molecule has 1 heterocycles. The van der Waals surface area contributed by atoms with Crippen molar-refractivity contribution in [1.29, 1.82) is 0 Å². The van der Waals surface area contributed by atoms with Gasteiger partial charge in [-0.2, -0.15) is 0 Å². The van der Waals surface area contributed by atoms with Gasteiger partial charge in [0, 0.05) is 24.9 Å². The van der Waals surface area contributed by atoms with Crippen molar-refractivity contribution in [2.24, 2.45) is 0 Å². The topological polar surface area (TPSA) is 54.0 Å². The number of likely N-dealkylation sites (N-methyl/N-ethyl adjacent to an activating group) is 1. The fourth-order valence-corrected chi connectivity index (χ4v) is 2.16. The third kappa shape index (κ3) is 6.38. The number of amides is 1. The summed E-state index contributed by atoms with van der Waals surface area (Å²) in [6.45, 7) is 6.55. The molecule has 2 N–H and O–H groups in total. The van der Waals surface area contributed by atoms with Crippen LogP contribution in [0.5, 0.6) is 0 Å². The Hall–Kier alpha value is -0.940. The Morgan fingerprint density at radius 3 is 2.94 bits per heavy atom. The fraction of sp³-hybridized carbons (Fsp3) is 0.667. The summed E-state index contributed by atoms with van der Waals surface area (Å²) in [5, 5.41) is 9.22. The van der Waals surface area contributed by atoms with Gasteiger partial charge in [-0.15, -0.1) is 11.3 Å². The maximum Gasteiger partial charge on any atom is 0.220 e. The standard InChI is InChI=1S/C12H21N3OS/c1-3-13-7-8-14-12(16)6-4-5-11-9-17-10(2)15-11/h9,13H,3-8H2,1-2H3,(H,14,16). The number of aryl methyl sites for hydroxylation is 2. The van der Waals surface area contributed by atoms with Gasteiger partial charge in [0.15, 0.2) is 0 Å². The minimum Gasteiger partial charge on any atom is -0.355 e.